The molecule has 1 rings (SSSR count). The number of aliphatic hydroxyl groups excluding tert-OH is 1. The maximum absolute atomic E-state index is 11.7. The normalized spacial score (nSPS) is 11.7. The first-order valence-corrected chi connectivity index (χ1v) is 4.87. The van der Waals surface area contributed by atoms with Gasteiger partial charge in [0.25, 0.3) is 0 Å². The second-order valence-electron chi connectivity index (χ2n) is 3.87. The fraction of sp³-hybridized carbons (Fsp3) is 0.556. The van der Waals surface area contributed by atoms with E-state index in [0.29, 0.717) is 5.01 Å². The van der Waals surface area contributed by atoms with Crippen LogP contribution in [-0.4, -0.2) is 15.9 Å². The third-order valence-corrected chi connectivity index (χ3v) is 2.57. The predicted octanol–water partition coefficient (Wildman–Crippen LogP) is 1.86. The molecule has 0 saturated carbocycles. The average Bonchev–Trinajstić information content (AvgIpc) is 2.48. The molecular weight excluding hydrogens is 186 g/mol. The highest BCUT2D eigenvalue weighted by Gasteiger charge is 2.25. The molecule has 1 aromatic heterocycles. The third-order valence-electron chi connectivity index (χ3n) is 1.58. The second kappa shape index (κ2) is 3.55. The molecule has 1 aromatic rings. The topological polar surface area (TPSA) is 50.2 Å². The lowest BCUT2D eigenvalue weighted by atomic mass is 9.91. The zero-order valence-electron chi connectivity index (χ0n) is 8.00. The predicted molar refractivity (Wildman–Crippen MR) is 51.8 cm³/mol. The Balaban J connectivity index is 2.90. The number of carbonyl (C=O) groups excluding carboxylic acids is 1. The summed E-state index contributed by atoms with van der Waals surface area (Å²) >= 11 is 1.26. The maximum Gasteiger partial charge on any atom is 0.196 e. The van der Waals surface area contributed by atoms with Crippen molar-refractivity contribution in [3.8, 4) is 0 Å². The maximum atomic E-state index is 11.7. The quantitative estimate of drug-likeness (QED) is 0.740. The van der Waals surface area contributed by atoms with Gasteiger partial charge < -0.3 is 5.11 Å². The third kappa shape index (κ3) is 2.35. The van der Waals surface area contributed by atoms with Crippen LogP contribution < -0.4 is 0 Å². The summed E-state index contributed by atoms with van der Waals surface area (Å²) < 4.78 is 0. The van der Waals surface area contributed by atoms with Crippen LogP contribution in [0.3, 0.4) is 0 Å². The van der Waals surface area contributed by atoms with Crippen molar-refractivity contribution in [3.05, 3.63) is 16.1 Å². The van der Waals surface area contributed by atoms with Crippen molar-refractivity contribution in [1.29, 1.82) is 0 Å². The minimum atomic E-state index is -0.398. The van der Waals surface area contributed by atoms with Gasteiger partial charge in [0.1, 0.15) is 0 Å². The highest BCUT2D eigenvalue weighted by molar-refractivity contribution is 7.13. The molecule has 3 nitrogen and oxygen atoms in total. The molecule has 4 heteroatoms. The van der Waals surface area contributed by atoms with Crippen molar-refractivity contribution in [2.75, 3.05) is 0 Å². The molecule has 0 unspecified atom stereocenters. The van der Waals surface area contributed by atoms with Crippen LogP contribution in [0.2, 0.25) is 0 Å². The van der Waals surface area contributed by atoms with E-state index in [1.165, 1.54) is 11.3 Å². The Morgan fingerprint density at radius 1 is 1.62 bits per heavy atom. The SMILES string of the molecule is CC(C)(C)C(=O)c1ncc(CO)s1. The Bertz CT molecular complexity index is 312. The monoisotopic (exact) mass is 199 g/mol. The number of Topliss-reactive ketones (excluding diaryl/α,β-unsaturated/α-hetero) is 1. The van der Waals surface area contributed by atoms with Gasteiger partial charge in [-0.25, -0.2) is 4.98 Å². The molecule has 0 saturated heterocycles. The largest absolute Gasteiger partial charge is 0.391 e. The van der Waals surface area contributed by atoms with Gasteiger partial charge in [0, 0.05) is 11.6 Å². The molecule has 13 heavy (non-hydrogen) atoms. The molecule has 0 aromatic carbocycles. The minimum Gasteiger partial charge on any atom is -0.391 e. The summed E-state index contributed by atoms with van der Waals surface area (Å²) in [4.78, 5) is 16.4. The van der Waals surface area contributed by atoms with E-state index < -0.39 is 5.41 Å². The van der Waals surface area contributed by atoms with Crippen molar-refractivity contribution in [3.63, 3.8) is 0 Å². The van der Waals surface area contributed by atoms with E-state index in [-0.39, 0.29) is 12.4 Å². The number of thiazole rings is 1. The van der Waals surface area contributed by atoms with E-state index in [1.807, 2.05) is 20.8 Å². The molecule has 0 aliphatic carbocycles. The fourth-order valence-corrected chi connectivity index (χ4v) is 1.73. The highest BCUT2D eigenvalue weighted by Crippen LogP contribution is 2.23. The van der Waals surface area contributed by atoms with Crippen molar-refractivity contribution in [2.24, 2.45) is 5.41 Å². The summed E-state index contributed by atoms with van der Waals surface area (Å²) in [6, 6.07) is 0. The molecular formula is C9H13NO2S. The molecule has 1 N–H and O–H groups in total. The van der Waals surface area contributed by atoms with Crippen LogP contribution in [0.1, 0.15) is 35.5 Å². The lowest BCUT2D eigenvalue weighted by molar-refractivity contribution is 0.0858. The van der Waals surface area contributed by atoms with Crippen molar-refractivity contribution >= 4 is 17.1 Å². The van der Waals surface area contributed by atoms with Gasteiger partial charge in [0.15, 0.2) is 10.8 Å². The molecule has 0 aliphatic rings. The van der Waals surface area contributed by atoms with Crippen LogP contribution in [0.4, 0.5) is 0 Å². The molecule has 0 radical (unpaired) electrons. The first kappa shape index (κ1) is 10.3. The van der Waals surface area contributed by atoms with Gasteiger partial charge in [0.2, 0.25) is 0 Å². The number of carbonyl (C=O) groups is 1. The van der Waals surface area contributed by atoms with Crippen molar-refractivity contribution in [1.82, 2.24) is 4.98 Å². The van der Waals surface area contributed by atoms with E-state index in [9.17, 15) is 4.79 Å². The average molecular weight is 199 g/mol. The van der Waals surface area contributed by atoms with E-state index in [4.69, 9.17) is 5.11 Å². The number of hydrogen-bond acceptors (Lipinski definition) is 4. The van der Waals surface area contributed by atoms with Gasteiger partial charge in [-0.3, -0.25) is 4.79 Å². The first-order chi connectivity index (χ1) is 5.95. The van der Waals surface area contributed by atoms with E-state index in [1.54, 1.807) is 6.20 Å². The summed E-state index contributed by atoms with van der Waals surface area (Å²) in [5.74, 6) is 0.0252. The Morgan fingerprint density at radius 3 is 2.62 bits per heavy atom. The Labute approximate surface area is 81.4 Å². The number of aromatic nitrogens is 1. The summed E-state index contributed by atoms with van der Waals surface area (Å²) in [6.45, 7) is 5.52. The zero-order chi connectivity index (χ0) is 10.1. The van der Waals surface area contributed by atoms with E-state index >= 15 is 0 Å². The lowest BCUT2D eigenvalue weighted by Crippen LogP contribution is -2.19. The van der Waals surface area contributed by atoms with Gasteiger partial charge in [-0.2, -0.15) is 0 Å². The summed E-state index contributed by atoms with van der Waals surface area (Å²) in [7, 11) is 0. The Hall–Kier alpha value is -0.740. The second-order valence-corrected chi connectivity index (χ2v) is 4.98. The number of hydrogen-bond donors (Lipinski definition) is 1. The molecule has 1 heterocycles. The van der Waals surface area contributed by atoms with Gasteiger partial charge in [-0.05, 0) is 0 Å². The Kier molecular flexibility index (Phi) is 2.83. The van der Waals surface area contributed by atoms with Gasteiger partial charge in [-0.1, -0.05) is 20.8 Å². The number of nitrogens with zero attached hydrogens (tertiary/aromatic N) is 1. The standard InChI is InChI=1S/C9H13NO2S/c1-9(2,3)7(12)8-10-4-6(5-11)13-8/h4,11H,5H2,1-3H3. The fourth-order valence-electron chi connectivity index (χ4n) is 0.806. The molecule has 72 valence electrons. The molecule has 0 fully saturated rings. The van der Waals surface area contributed by atoms with Crippen LogP contribution in [0.5, 0.6) is 0 Å². The summed E-state index contributed by atoms with van der Waals surface area (Å²) in [5, 5.41) is 9.28. The highest BCUT2D eigenvalue weighted by atomic mass is 32.1. The molecule has 0 atom stereocenters. The molecule has 0 bridgehead atoms. The number of ketones is 1. The van der Waals surface area contributed by atoms with Crippen molar-refractivity contribution in [2.45, 2.75) is 27.4 Å². The van der Waals surface area contributed by atoms with Gasteiger partial charge in [0.05, 0.1) is 11.5 Å². The van der Waals surface area contributed by atoms with Crippen LogP contribution in [0.25, 0.3) is 0 Å². The van der Waals surface area contributed by atoms with Gasteiger partial charge >= 0.3 is 0 Å². The lowest BCUT2D eigenvalue weighted by Gasteiger charge is -2.13. The van der Waals surface area contributed by atoms with Gasteiger partial charge in [-0.15, -0.1) is 11.3 Å². The first-order valence-electron chi connectivity index (χ1n) is 4.05. The van der Waals surface area contributed by atoms with Crippen LogP contribution in [0.15, 0.2) is 6.20 Å². The molecule has 0 spiro atoms. The zero-order valence-corrected chi connectivity index (χ0v) is 8.81. The van der Waals surface area contributed by atoms with Crippen LogP contribution >= 0.6 is 11.3 Å². The van der Waals surface area contributed by atoms with Crippen molar-refractivity contribution < 1.29 is 9.90 Å². The molecule has 0 aliphatic heterocycles. The van der Waals surface area contributed by atoms with E-state index in [2.05, 4.69) is 4.98 Å². The molecule has 0 amide bonds. The van der Waals surface area contributed by atoms with Crippen LogP contribution in [-0.2, 0) is 6.61 Å². The summed E-state index contributed by atoms with van der Waals surface area (Å²) in [5.41, 5.74) is -0.398. The number of rotatable bonds is 2. The Morgan fingerprint density at radius 2 is 2.23 bits per heavy atom. The smallest absolute Gasteiger partial charge is 0.196 e. The minimum absolute atomic E-state index is 0.0252. The van der Waals surface area contributed by atoms with E-state index in [0.717, 1.165) is 4.88 Å². The number of aliphatic hydroxyl groups is 1. The summed E-state index contributed by atoms with van der Waals surface area (Å²) in [6.07, 6.45) is 1.55. The van der Waals surface area contributed by atoms with Crippen LogP contribution in [0, 0.1) is 5.41 Å².